The number of fused-ring (bicyclic) bond motifs is 3. The minimum absolute atomic E-state index is 0.174. The fraction of sp³-hybridized carbons (Fsp3) is 0.652. The van der Waals surface area contributed by atoms with Gasteiger partial charge in [0.05, 0.1) is 25.8 Å². The van der Waals surface area contributed by atoms with Crippen molar-refractivity contribution >= 4 is 10.9 Å². The van der Waals surface area contributed by atoms with Gasteiger partial charge >= 0.3 is 0 Å². The van der Waals surface area contributed by atoms with Gasteiger partial charge in [-0.05, 0) is 37.5 Å². The lowest BCUT2D eigenvalue weighted by molar-refractivity contribution is -1.01. The van der Waals surface area contributed by atoms with Crippen LogP contribution in [-0.4, -0.2) is 68.6 Å². The summed E-state index contributed by atoms with van der Waals surface area (Å²) in [4.78, 5) is 4.86. The number of likely N-dealkylation sites (N-methyl/N-ethyl adjacent to an activating group) is 1. The van der Waals surface area contributed by atoms with Crippen molar-refractivity contribution in [3.8, 4) is 0 Å². The van der Waals surface area contributed by atoms with E-state index in [4.69, 9.17) is 0 Å². The number of aromatic nitrogens is 1. The van der Waals surface area contributed by atoms with Crippen LogP contribution in [0.5, 0.6) is 0 Å². The molecule has 1 fully saturated rings. The molecule has 1 unspecified atom stereocenters. The molecule has 1 aromatic heterocycles. The van der Waals surface area contributed by atoms with Crippen LogP contribution in [0.1, 0.15) is 35.7 Å². The van der Waals surface area contributed by atoms with Crippen molar-refractivity contribution in [1.82, 2.24) is 4.57 Å². The van der Waals surface area contributed by atoms with Gasteiger partial charge in [0.2, 0.25) is 0 Å². The lowest BCUT2D eigenvalue weighted by Gasteiger charge is -2.38. The van der Waals surface area contributed by atoms with Gasteiger partial charge in [-0.3, -0.25) is 0 Å². The average molecular weight is 386 g/mol. The molecule has 0 amide bonds. The quantitative estimate of drug-likeness (QED) is 0.483. The fourth-order valence-electron chi connectivity index (χ4n) is 6.09. The summed E-state index contributed by atoms with van der Waals surface area (Å²) in [5, 5.41) is 12.4. The molecule has 2 aromatic rings. The van der Waals surface area contributed by atoms with Crippen LogP contribution in [0, 0.1) is 6.92 Å². The van der Waals surface area contributed by atoms with Crippen LogP contribution in [0.2, 0.25) is 0 Å². The highest BCUT2D eigenvalue weighted by molar-refractivity contribution is 5.86. The highest BCUT2D eigenvalue weighted by Gasteiger charge is 2.39. The van der Waals surface area contributed by atoms with Gasteiger partial charge in [-0.15, -0.1) is 0 Å². The molecule has 28 heavy (non-hydrogen) atoms. The van der Waals surface area contributed by atoms with E-state index in [1.807, 2.05) is 0 Å². The SMILES string of the molecule is Cc1ccc2c(c1)c1c3n2CC[NH+](C[C@H](O)C[NH+]2CC[NH+](C)CC2)[C@H]3CCC1. The molecule has 5 rings (SSSR count). The Morgan fingerprint density at radius 3 is 2.79 bits per heavy atom. The standard InChI is InChI=1S/C23H34N4O/c1-17-6-7-21-20(14-17)19-4-3-5-22-23(19)27(21)13-12-26(22)16-18(28)15-25-10-8-24(2)9-11-25/h6-7,14,18,22,28H,3-5,8-13,15-16H2,1-2H3/p+3/t18-,22+/m1/s1. The minimum atomic E-state index is -0.174. The molecule has 1 saturated heterocycles. The molecule has 2 aliphatic heterocycles. The molecule has 0 bridgehead atoms. The molecular weight excluding hydrogens is 348 g/mol. The number of aryl methyl sites for hydroxylation is 2. The van der Waals surface area contributed by atoms with Crippen molar-refractivity contribution < 1.29 is 19.8 Å². The summed E-state index contributed by atoms with van der Waals surface area (Å²) in [7, 11) is 2.28. The van der Waals surface area contributed by atoms with Crippen LogP contribution < -0.4 is 14.7 Å². The Labute approximate surface area is 168 Å². The largest absolute Gasteiger partial charge is 0.382 e. The van der Waals surface area contributed by atoms with E-state index in [0.29, 0.717) is 6.04 Å². The third-order valence-electron chi connectivity index (χ3n) is 7.60. The van der Waals surface area contributed by atoms with Gasteiger partial charge in [0.25, 0.3) is 0 Å². The number of aliphatic hydroxyl groups is 1. The molecule has 3 atom stereocenters. The molecule has 152 valence electrons. The van der Waals surface area contributed by atoms with Gasteiger partial charge in [-0.2, -0.15) is 0 Å². The number of aliphatic hydroxyl groups excluding tert-OH is 1. The smallest absolute Gasteiger partial charge is 0.152 e. The number of quaternary nitrogens is 3. The second-order valence-electron chi connectivity index (χ2n) is 9.66. The second-order valence-corrected chi connectivity index (χ2v) is 9.66. The molecule has 1 aliphatic carbocycles. The van der Waals surface area contributed by atoms with Gasteiger partial charge in [0.1, 0.15) is 45.3 Å². The van der Waals surface area contributed by atoms with E-state index in [-0.39, 0.29) is 6.10 Å². The predicted octanol–water partition coefficient (Wildman–Crippen LogP) is -2.00. The van der Waals surface area contributed by atoms with Crippen LogP contribution in [0.3, 0.4) is 0 Å². The topological polar surface area (TPSA) is 38.5 Å². The third-order valence-corrected chi connectivity index (χ3v) is 7.60. The van der Waals surface area contributed by atoms with Crippen molar-refractivity contribution in [3.63, 3.8) is 0 Å². The summed E-state index contributed by atoms with van der Waals surface area (Å²) in [5.74, 6) is 0. The minimum Gasteiger partial charge on any atom is -0.382 e. The second kappa shape index (κ2) is 7.45. The van der Waals surface area contributed by atoms with Crippen molar-refractivity contribution in [2.75, 3.05) is 52.9 Å². The zero-order chi connectivity index (χ0) is 19.3. The zero-order valence-electron chi connectivity index (χ0n) is 17.6. The summed E-state index contributed by atoms with van der Waals surface area (Å²) in [6.07, 6.45) is 3.61. The summed E-state index contributed by atoms with van der Waals surface area (Å²) < 4.78 is 2.61. The lowest BCUT2D eigenvalue weighted by atomic mass is 9.89. The summed E-state index contributed by atoms with van der Waals surface area (Å²) in [6, 6.07) is 7.56. The lowest BCUT2D eigenvalue weighted by Crippen LogP contribution is -3.27. The average Bonchev–Trinajstić information content (AvgIpc) is 3.00. The molecule has 4 N–H and O–H groups in total. The number of nitrogens with zero attached hydrogens (tertiary/aromatic N) is 1. The van der Waals surface area contributed by atoms with Crippen molar-refractivity contribution in [3.05, 3.63) is 35.0 Å². The highest BCUT2D eigenvalue weighted by Crippen LogP contribution is 2.37. The Morgan fingerprint density at radius 1 is 1.14 bits per heavy atom. The van der Waals surface area contributed by atoms with Gasteiger partial charge in [0, 0.05) is 17.3 Å². The van der Waals surface area contributed by atoms with E-state index in [1.54, 1.807) is 26.0 Å². The van der Waals surface area contributed by atoms with E-state index in [1.165, 1.54) is 61.9 Å². The number of hydrogen-bond acceptors (Lipinski definition) is 1. The molecule has 5 heteroatoms. The number of rotatable bonds is 4. The highest BCUT2D eigenvalue weighted by atomic mass is 16.3. The van der Waals surface area contributed by atoms with Crippen LogP contribution in [-0.2, 0) is 13.0 Å². The van der Waals surface area contributed by atoms with Gasteiger partial charge < -0.3 is 24.4 Å². The Morgan fingerprint density at radius 2 is 1.96 bits per heavy atom. The van der Waals surface area contributed by atoms with Crippen LogP contribution in [0.15, 0.2) is 18.2 Å². The number of nitrogens with one attached hydrogen (secondary N) is 3. The summed E-state index contributed by atoms with van der Waals surface area (Å²) >= 11 is 0. The first kappa shape index (κ1) is 18.6. The number of hydrogen-bond donors (Lipinski definition) is 4. The van der Waals surface area contributed by atoms with E-state index in [9.17, 15) is 5.11 Å². The van der Waals surface area contributed by atoms with E-state index >= 15 is 0 Å². The Hall–Kier alpha value is -1.40. The Kier molecular flexibility index (Phi) is 4.95. The summed E-state index contributed by atoms with van der Waals surface area (Å²) in [6.45, 7) is 11.2. The van der Waals surface area contributed by atoms with E-state index in [0.717, 1.165) is 26.2 Å². The summed E-state index contributed by atoms with van der Waals surface area (Å²) in [5.41, 5.74) is 6.00. The van der Waals surface area contributed by atoms with Gasteiger partial charge in [-0.25, -0.2) is 0 Å². The molecule has 3 aliphatic rings. The first-order valence-electron chi connectivity index (χ1n) is 11.4. The Balaban J connectivity index is 1.34. The first-order valence-corrected chi connectivity index (χ1v) is 11.4. The van der Waals surface area contributed by atoms with E-state index < -0.39 is 0 Å². The number of piperazine rings is 1. The molecule has 0 saturated carbocycles. The van der Waals surface area contributed by atoms with Crippen LogP contribution in [0.25, 0.3) is 10.9 Å². The third kappa shape index (κ3) is 3.28. The Bertz CT molecular complexity index is 852. The molecule has 0 radical (unpaired) electrons. The van der Waals surface area contributed by atoms with Crippen molar-refractivity contribution in [1.29, 1.82) is 0 Å². The predicted molar refractivity (Wildman–Crippen MR) is 111 cm³/mol. The molecule has 5 nitrogen and oxygen atoms in total. The van der Waals surface area contributed by atoms with Crippen LogP contribution in [0.4, 0.5) is 0 Å². The monoisotopic (exact) mass is 385 g/mol. The molecule has 0 spiro atoms. The first-order chi connectivity index (χ1) is 13.6. The molecule has 3 heterocycles. The van der Waals surface area contributed by atoms with Gasteiger partial charge in [0.15, 0.2) is 6.10 Å². The maximum atomic E-state index is 10.9. The fourth-order valence-corrected chi connectivity index (χ4v) is 6.09. The van der Waals surface area contributed by atoms with Crippen molar-refractivity contribution in [2.45, 2.75) is 44.9 Å². The maximum absolute atomic E-state index is 10.9. The zero-order valence-corrected chi connectivity index (χ0v) is 17.6. The van der Waals surface area contributed by atoms with Gasteiger partial charge in [-0.1, -0.05) is 11.6 Å². The van der Waals surface area contributed by atoms with E-state index in [2.05, 4.69) is 36.7 Å². The molecule has 1 aromatic carbocycles. The molecular formula is C23H37N4O+3. The normalized spacial score (nSPS) is 31.0. The van der Waals surface area contributed by atoms with Crippen LogP contribution >= 0.6 is 0 Å². The maximum Gasteiger partial charge on any atom is 0.152 e. The van der Waals surface area contributed by atoms with Crippen molar-refractivity contribution in [2.24, 2.45) is 0 Å². The number of benzene rings is 1.